The second-order valence-electron chi connectivity index (χ2n) is 2.98. The number of sulfonamides is 1. The minimum absolute atomic E-state index is 0.0238. The number of carboxylic acids is 1. The lowest BCUT2D eigenvalue weighted by atomic mass is 10.4. The van der Waals surface area contributed by atoms with E-state index in [1.165, 1.54) is 7.11 Å². The number of methoxy groups -OCH3 is 1. The van der Waals surface area contributed by atoms with E-state index in [2.05, 4.69) is 4.74 Å². The summed E-state index contributed by atoms with van der Waals surface area (Å²) in [5.41, 5.74) is 0. The predicted molar refractivity (Wildman–Crippen MR) is 51.9 cm³/mol. The fraction of sp³-hybridized carbons (Fsp3) is 0.857. The molecule has 90 valence electrons. The van der Waals surface area contributed by atoms with Gasteiger partial charge < -0.3 is 14.9 Å². The second kappa shape index (κ2) is 6.01. The lowest BCUT2D eigenvalue weighted by molar-refractivity contribution is -0.136. The molecule has 7 nitrogen and oxygen atoms in total. The number of hydrogen-bond donors (Lipinski definition) is 3. The first-order valence-corrected chi connectivity index (χ1v) is 5.74. The van der Waals surface area contributed by atoms with Gasteiger partial charge in [-0.05, 0) is 6.92 Å². The Morgan fingerprint density at radius 2 is 2.07 bits per heavy atom. The van der Waals surface area contributed by atoms with Crippen LogP contribution in [0.3, 0.4) is 0 Å². The zero-order valence-corrected chi connectivity index (χ0v) is 9.32. The molecule has 0 aromatic rings. The van der Waals surface area contributed by atoms with Crippen molar-refractivity contribution in [3.8, 4) is 0 Å². The van der Waals surface area contributed by atoms with Crippen LogP contribution in [0.2, 0.25) is 0 Å². The summed E-state index contributed by atoms with van der Waals surface area (Å²) >= 11 is 0. The van der Waals surface area contributed by atoms with E-state index in [0.29, 0.717) is 0 Å². The Labute approximate surface area is 88.1 Å². The number of carboxylic acid groups (broad SMARTS) is 1. The number of hydrogen-bond acceptors (Lipinski definition) is 5. The third-order valence-corrected chi connectivity index (χ3v) is 3.39. The van der Waals surface area contributed by atoms with Crippen LogP contribution in [-0.4, -0.2) is 56.2 Å². The normalized spacial score (nSPS) is 15.9. The number of nitrogens with one attached hydrogen (secondary N) is 1. The summed E-state index contributed by atoms with van der Waals surface area (Å²) in [6.07, 6.45) is -0.995. The summed E-state index contributed by atoms with van der Waals surface area (Å²) in [6, 6.07) is 0. The molecule has 0 fully saturated rings. The van der Waals surface area contributed by atoms with Crippen molar-refractivity contribution in [2.75, 3.05) is 20.3 Å². The van der Waals surface area contributed by atoms with Gasteiger partial charge in [0.25, 0.3) is 0 Å². The molecule has 2 unspecified atom stereocenters. The van der Waals surface area contributed by atoms with Gasteiger partial charge in [0.1, 0.15) is 0 Å². The second-order valence-corrected chi connectivity index (χ2v) is 5.07. The van der Waals surface area contributed by atoms with Gasteiger partial charge >= 0.3 is 5.97 Å². The Kier molecular flexibility index (Phi) is 5.73. The summed E-state index contributed by atoms with van der Waals surface area (Å²) < 4.78 is 29.0. The Morgan fingerprint density at radius 1 is 1.53 bits per heavy atom. The van der Waals surface area contributed by atoms with Crippen LogP contribution in [0.5, 0.6) is 0 Å². The number of aliphatic hydroxyl groups excluding tert-OH is 1. The highest BCUT2D eigenvalue weighted by atomic mass is 32.2. The topological polar surface area (TPSA) is 113 Å². The predicted octanol–water partition coefficient (Wildman–Crippen LogP) is -1.61. The highest BCUT2D eigenvalue weighted by Crippen LogP contribution is 1.98. The van der Waals surface area contributed by atoms with Crippen LogP contribution in [0.1, 0.15) is 6.92 Å². The van der Waals surface area contributed by atoms with Gasteiger partial charge in [0.15, 0.2) is 5.25 Å². The SMILES string of the molecule is COCC(O)CNS(=O)(=O)C(C)C(=O)O. The molecular formula is C7H15NO6S. The van der Waals surface area contributed by atoms with Crippen LogP contribution in [0.15, 0.2) is 0 Å². The van der Waals surface area contributed by atoms with Crippen molar-refractivity contribution in [1.29, 1.82) is 0 Å². The van der Waals surface area contributed by atoms with Crippen LogP contribution < -0.4 is 4.72 Å². The van der Waals surface area contributed by atoms with Crippen LogP contribution in [-0.2, 0) is 19.6 Å². The molecule has 0 aliphatic heterocycles. The third-order valence-electron chi connectivity index (χ3n) is 1.69. The lowest BCUT2D eigenvalue weighted by Gasteiger charge is -2.13. The van der Waals surface area contributed by atoms with Crippen LogP contribution in [0.25, 0.3) is 0 Å². The van der Waals surface area contributed by atoms with Gasteiger partial charge in [-0.1, -0.05) is 0 Å². The van der Waals surface area contributed by atoms with E-state index in [4.69, 9.17) is 10.2 Å². The summed E-state index contributed by atoms with van der Waals surface area (Å²) in [4.78, 5) is 10.4. The molecule has 8 heteroatoms. The quantitative estimate of drug-likeness (QED) is 0.494. The maximum atomic E-state index is 11.2. The summed E-state index contributed by atoms with van der Waals surface area (Å²) in [7, 11) is -2.58. The van der Waals surface area contributed by atoms with Gasteiger partial charge in [0.05, 0.1) is 12.7 Å². The molecule has 2 atom stereocenters. The Balaban J connectivity index is 4.22. The molecule has 3 N–H and O–H groups in total. The smallest absolute Gasteiger partial charge is 0.323 e. The third kappa shape index (κ3) is 5.07. The molecule has 15 heavy (non-hydrogen) atoms. The molecule has 0 aliphatic rings. The number of ether oxygens (including phenoxy) is 1. The molecule has 0 saturated carbocycles. The van der Waals surface area contributed by atoms with Gasteiger partial charge in [0, 0.05) is 13.7 Å². The maximum Gasteiger partial charge on any atom is 0.323 e. The summed E-state index contributed by atoms with van der Waals surface area (Å²) in [5.74, 6) is -1.44. The lowest BCUT2D eigenvalue weighted by Crippen LogP contribution is -2.41. The number of aliphatic carboxylic acids is 1. The summed E-state index contributed by atoms with van der Waals surface area (Å²) in [6.45, 7) is 0.755. The van der Waals surface area contributed by atoms with Crippen LogP contribution >= 0.6 is 0 Å². The van der Waals surface area contributed by atoms with E-state index in [-0.39, 0.29) is 13.2 Å². The average molecular weight is 241 g/mol. The first kappa shape index (κ1) is 14.3. The van der Waals surface area contributed by atoms with E-state index in [1.54, 1.807) is 0 Å². The molecule has 0 aromatic heterocycles. The minimum Gasteiger partial charge on any atom is -0.480 e. The van der Waals surface area contributed by atoms with Crippen molar-refractivity contribution >= 4 is 16.0 Å². The highest BCUT2D eigenvalue weighted by Gasteiger charge is 2.27. The van der Waals surface area contributed by atoms with Crippen molar-refractivity contribution in [2.45, 2.75) is 18.3 Å². The molecule has 0 aliphatic carbocycles. The Hall–Kier alpha value is -0.700. The minimum atomic E-state index is -3.94. The van der Waals surface area contributed by atoms with Crippen molar-refractivity contribution in [3.63, 3.8) is 0 Å². The van der Waals surface area contributed by atoms with Gasteiger partial charge in [-0.25, -0.2) is 13.1 Å². The summed E-state index contributed by atoms with van der Waals surface area (Å²) in [5, 5.41) is 16.1. The first-order chi connectivity index (χ1) is 6.81. The zero-order valence-electron chi connectivity index (χ0n) is 8.50. The molecule has 0 spiro atoms. The van der Waals surface area contributed by atoms with E-state index < -0.39 is 27.3 Å². The standard InChI is InChI=1S/C7H15NO6S/c1-5(7(10)11)15(12,13)8-3-6(9)4-14-2/h5-6,8-9H,3-4H2,1-2H3,(H,10,11). The molecule has 0 radical (unpaired) electrons. The van der Waals surface area contributed by atoms with E-state index >= 15 is 0 Å². The van der Waals surface area contributed by atoms with Gasteiger partial charge in [-0.3, -0.25) is 4.79 Å². The average Bonchev–Trinajstić information content (AvgIpc) is 2.14. The first-order valence-electron chi connectivity index (χ1n) is 4.19. The van der Waals surface area contributed by atoms with Crippen molar-refractivity contribution in [3.05, 3.63) is 0 Å². The fourth-order valence-electron chi connectivity index (χ4n) is 0.721. The number of rotatable bonds is 7. The molecule has 0 saturated heterocycles. The van der Waals surface area contributed by atoms with Gasteiger partial charge in [-0.15, -0.1) is 0 Å². The molecule has 0 aromatic carbocycles. The van der Waals surface area contributed by atoms with Crippen molar-refractivity contribution in [2.24, 2.45) is 0 Å². The van der Waals surface area contributed by atoms with Crippen LogP contribution in [0.4, 0.5) is 0 Å². The molecule has 0 heterocycles. The monoisotopic (exact) mass is 241 g/mol. The van der Waals surface area contributed by atoms with E-state index in [9.17, 15) is 13.2 Å². The number of carbonyl (C=O) groups is 1. The largest absolute Gasteiger partial charge is 0.480 e. The van der Waals surface area contributed by atoms with E-state index in [1.807, 2.05) is 4.72 Å². The molecular weight excluding hydrogens is 226 g/mol. The Morgan fingerprint density at radius 3 is 2.47 bits per heavy atom. The maximum absolute atomic E-state index is 11.2. The molecule has 0 bridgehead atoms. The van der Waals surface area contributed by atoms with Gasteiger partial charge in [0.2, 0.25) is 10.0 Å². The molecule has 0 amide bonds. The molecule has 0 rings (SSSR count). The zero-order chi connectivity index (χ0) is 12.1. The highest BCUT2D eigenvalue weighted by molar-refractivity contribution is 7.90. The van der Waals surface area contributed by atoms with Crippen LogP contribution in [0, 0.1) is 0 Å². The van der Waals surface area contributed by atoms with Gasteiger partial charge in [-0.2, -0.15) is 0 Å². The van der Waals surface area contributed by atoms with Crippen molar-refractivity contribution in [1.82, 2.24) is 4.72 Å². The van der Waals surface area contributed by atoms with Crippen molar-refractivity contribution < 1.29 is 28.2 Å². The fourth-order valence-corrected chi connectivity index (χ4v) is 1.66. The van der Waals surface area contributed by atoms with E-state index in [0.717, 1.165) is 6.92 Å². The Bertz CT molecular complexity index is 301. The number of aliphatic hydroxyl groups is 1.